The first-order chi connectivity index (χ1) is 5.52. The maximum Gasteiger partial charge on any atom is 0.450 e. The molecule has 12 heavy (non-hydrogen) atoms. The lowest BCUT2D eigenvalue weighted by Gasteiger charge is -2.17. The Hall–Kier alpha value is -0.800. The molecule has 0 saturated heterocycles. The molecule has 0 fully saturated rings. The second kappa shape index (κ2) is 3.29. The van der Waals surface area contributed by atoms with Gasteiger partial charge in [0.25, 0.3) is 0 Å². The number of Topliss-reactive ketones (excluding diaryl/α,β-unsaturated/α-hetero) is 1. The van der Waals surface area contributed by atoms with Crippen LogP contribution in [-0.2, 0) is 4.79 Å². The van der Waals surface area contributed by atoms with Crippen molar-refractivity contribution in [1.29, 1.82) is 0 Å². The maximum atomic E-state index is 11.9. The van der Waals surface area contributed by atoms with Gasteiger partial charge in [0.15, 0.2) is 0 Å². The summed E-state index contributed by atoms with van der Waals surface area (Å²) in [5, 5.41) is 0. The number of hydrogen-bond acceptors (Lipinski definition) is 1. The van der Waals surface area contributed by atoms with Crippen LogP contribution in [0, 0.1) is 5.92 Å². The van der Waals surface area contributed by atoms with Gasteiger partial charge in [0.05, 0.1) is 0 Å². The molecule has 0 amide bonds. The highest BCUT2D eigenvalue weighted by Gasteiger charge is 2.42. The smallest absolute Gasteiger partial charge is 0.289 e. The Kier molecular flexibility index (Phi) is 2.55. The van der Waals surface area contributed by atoms with E-state index in [0.717, 1.165) is 0 Å². The Morgan fingerprint density at radius 3 is 2.42 bits per heavy atom. The highest BCUT2D eigenvalue weighted by atomic mass is 19.4. The van der Waals surface area contributed by atoms with Crippen LogP contribution >= 0.6 is 0 Å². The van der Waals surface area contributed by atoms with Gasteiger partial charge in [-0.2, -0.15) is 13.2 Å². The van der Waals surface area contributed by atoms with E-state index in [1.165, 1.54) is 0 Å². The van der Waals surface area contributed by atoms with Crippen LogP contribution in [-0.4, -0.2) is 12.0 Å². The minimum atomic E-state index is -4.66. The molecular weight excluding hydrogens is 169 g/mol. The van der Waals surface area contributed by atoms with Gasteiger partial charge in [-0.3, -0.25) is 4.79 Å². The summed E-state index contributed by atoms with van der Waals surface area (Å²) in [4.78, 5) is 10.7. The number of allylic oxidation sites excluding steroid dienone is 2. The molecule has 0 aromatic carbocycles. The Bertz CT molecular complexity index is 205. The molecule has 0 saturated carbocycles. The Balaban J connectivity index is 2.59. The van der Waals surface area contributed by atoms with Crippen molar-refractivity contribution in [3.05, 3.63) is 12.2 Å². The van der Waals surface area contributed by atoms with Crippen LogP contribution < -0.4 is 0 Å². The lowest BCUT2D eigenvalue weighted by molar-refractivity contribution is -0.175. The molecule has 0 spiro atoms. The third kappa shape index (κ3) is 2.09. The van der Waals surface area contributed by atoms with Gasteiger partial charge in [0.1, 0.15) is 0 Å². The van der Waals surface area contributed by atoms with E-state index in [-0.39, 0.29) is 6.42 Å². The summed E-state index contributed by atoms with van der Waals surface area (Å²) in [5.41, 5.74) is 0. The molecule has 1 aliphatic rings. The standard InChI is InChI=1S/C8H9F3O/c9-8(10,11)7(12)6-4-2-1-3-5-6/h1-2,6H,3-5H2. The molecule has 0 aromatic heterocycles. The number of carbonyl (C=O) groups is 1. The largest absolute Gasteiger partial charge is 0.450 e. The number of halogens is 3. The number of carbonyl (C=O) groups excluding carboxylic acids is 1. The summed E-state index contributed by atoms with van der Waals surface area (Å²) >= 11 is 0. The number of rotatable bonds is 1. The highest BCUT2D eigenvalue weighted by molar-refractivity contribution is 5.86. The van der Waals surface area contributed by atoms with E-state index in [4.69, 9.17) is 0 Å². The zero-order chi connectivity index (χ0) is 9.19. The topological polar surface area (TPSA) is 17.1 Å². The lowest BCUT2D eigenvalue weighted by atomic mass is 9.90. The summed E-state index contributed by atoms with van der Waals surface area (Å²) in [6, 6.07) is 0. The molecule has 1 rings (SSSR count). The predicted molar refractivity (Wildman–Crippen MR) is 37.5 cm³/mol. The number of ketones is 1. The molecule has 0 N–H and O–H groups in total. The van der Waals surface area contributed by atoms with Gasteiger partial charge in [-0.05, 0) is 19.3 Å². The first-order valence-electron chi connectivity index (χ1n) is 3.78. The van der Waals surface area contributed by atoms with Crippen LogP contribution in [0.15, 0.2) is 12.2 Å². The van der Waals surface area contributed by atoms with E-state index in [2.05, 4.69) is 0 Å². The molecule has 0 aliphatic heterocycles. The maximum absolute atomic E-state index is 11.9. The fourth-order valence-corrected chi connectivity index (χ4v) is 1.26. The van der Waals surface area contributed by atoms with E-state index in [0.29, 0.717) is 12.8 Å². The summed E-state index contributed by atoms with van der Waals surface area (Å²) in [6.07, 6.45) is -0.0759. The zero-order valence-electron chi connectivity index (χ0n) is 6.40. The highest BCUT2D eigenvalue weighted by Crippen LogP contribution is 2.28. The van der Waals surface area contributed by atoms with Crippen LogP contribution in [0.3, 0.4) is 0 Å². The number of hydrogen-bond donors (Lipinski definition) is 0. The molecule has 1 unspecified atom stereocenters. The minimum absolute atomic E-state index is 0.234. The Morgan fingerprint density at radius 2 is 2.00 bits per heavy atom. The van der Waals surface area contributed by atoms with E-state index in [1.54, 1.807) is 12.2 Å². The molecule has 0 radical (unpaired) electrons. The van der Waals surface area contributed by atoms with Gasteiger partial charge in [-0.1, -0.05) is 12.2 Å². The van der Waals surface area contributed by atoms with Gasteiger partial charge in [0, 0.05) is 5.92 Å². The fraction of sp³-hybridized carbons (Fsp3) is 0.625. The summed E-state index contributed by atoms with van der Waals surface area (Å²) in [5.74, 6) is -2.41. The van der Waals surface area contributed by atoms with E-state index in [1.807, 2.05) is 0 Å². The monoisotopic (exact) mass is 178 g/mol. The Morgan fingerprint density at radius 1 is 1.33 bits per heavy atom. The van der Waals surface area contributed by atoms with Crippen LogP contribution in [0.5, 0.6) is 0 Å². The van der Waals surface area contributed by atoms with Crippen molar-refractivity contribution in [2.75, 3.05) is 0 Å². The van der Waals surface area contributed by atoms with Crippen LogP contribution in [0.1, 0.15) is 19.3 Å². The third-order valence-electron chi connectivity index (χ3n) is 1.92. The fourth-order valence-electron chi connectivity index (χ4n) is 1.26. The number of alkyl halides is 3. The van der Waals surface area contributed by atoms with Crippen molar-refractivity contribution in [2.24, 2.45) is 5.92 Å². The quantitative estimate of drug-likeness (QED) is 0.564. The molecule has 1 aliphatic carbocycles. The minimum Gasteiger partial charge on any atom is -0.289 e. The van der Waals surface area contributed by atoms with Crippen LogP contribution in [0.25, 0.3) is 0 Å². The molecule has 0 heterocycles. The van der Waals surface area contributed by atoms with Gasteiger partial charge >= 0.3 is 6.18 Å². The molecule has 1 nitrogen and oxygen atoms in total. The summed E-state index contributed by atoms with van der Waals surface area (Å²) < 4.78 is 35.6. The molecule has 0 bridgehead atoms. The van der Waals surface area contributed by atoms with Gasteiger partial charge in [-0.15, -0.1) is 0 Å². The van der Waals surface area contributed by atoms with Gasteiger partial charge < -0.3 is 0 Å². The third-order valence-corrected chi connectivity index (χ3v) is 1.92. The molecule has 0 aromatic rings. The first kappa shape index (κ1) is 9.29. The predicted octanol–water partition coefficient (Wildman–Crippen LogP) is 2.47. The van der Waals surface area contributed by atoms with E-state index in [9.17, 15) is 18.0 Å². The van der Waals surface area contributed by atoms with Gasteiger partial charge in [-0.25, -0.2) is 0 Å². The van der Waals surface area contributed by atoms with E-state index < -0.39 is 17.9 Å². The average molecular weight is 178 g/mol. The van der Waals surface area contributed by atoms with Crippen LogP contribution in [0.4, 0.5) is 13.2 Å². The molecule has 1 atom stereocenters. The van der Waals surface area contributed by atoms with Crippen molar-refractivity contribution in [1.82, 2.24) is 0 Å². The summed E-state index contributed by atoms with van der Waals surface area (Å²) in [7, 11) is 0. The Labute approximate surface area is 68.3 Å². The average Bonchev–Trinajstić information content (AvgIpc) is 2.03. The lowest BCUT2D eigenvalue weighted by Crippen LogP contribution is -2.30. The molecular formula is C8H9F3O. The van der Waals surface area contributed by atoms with Crippen molar-refractivity contribution in [2.45, 2.75) is 25.4 Å². The second-order valence-electron chi connectivity index (χ2n) is 2.84. The SMILES string of the molecule is O=C(C1CC=CCC1)C(F)(F)F. The molecule has 4 heteroatoms. The van der Waals surface area contributed by atoms with Crippen molar-refractivity contribution < 1.29 is 18.0 Å². The van der Waals surface area contributed by atoms with Crippen molar-refractivity contribution in [3.63, 3.8) is 0 Å². The van der Waals surface area contributed by atoms with Crippen molar-refractivity contribution in [3.8, 4) is 0 Å². The van der Waals surface area contributed by atoms with E-state index >= 15 is 0 Å². The molecule has 68 valence electrons. The van der Waals surface area contributed by atoms with Crippen LogP contribution in [0.2, 0.25) is 0 Å². The van der Waals surface area contributed by atoms with Gasteiger partial charge in [0.2, 0.25) is 5.78 Å². The zero-order valence-corrected chi connectivity index (χ0v) is 6.40. The summed E-state index contributed by atoms with van der Waals surface area (Å²) in [6.45, 7) is 0. The first-order valence-corrected chi connectivity index (χ1v) is 3.78. The second-order valence-corrected chi connectivity index (χ2v) is 2.84. The normalized spacial score (nSPS) is 24.1. The van der Waals surface area contributed by atoms with Crippen molar-refractivity contribution >= 4 is 5.78 Å².